The molecular formula is C14H14BrFN2. The summed E-state index contributed by atoms with van der Waals surface area (Å²) in [5, 5.41) is 3.14. The quantitative estimate of drug-likeness (QED) is 0.838. The zero-order valence-corrected chi connectivity index (χ0v) is 11.6. The second-order valence-corrected chi connectivity index (χ2v) is 5.10. The lowest BCUT2D eigenvalue weighted by Gasteiger charge is -2.11. The van der Waals surface area contributed by atoms with E-state index in [1.165, 1.54) is 6.07 Å². The lowest BCUT2D eigenvalue weighted by atomic mass is 10.1. The van der Waals surface area contributed by atoms with Gasteiger partial charge in [-0.25, -0.2) is 4.39 Å². The fraction of sp³-hybridized carbons (Fsp3) is 0.143. The molecule has 0 unspecified atom stereocenters. The predicted molar refractivity (Wildman–Crippen MR) is 77.0 cm³/mol. The maximum atomic E-state index is 13.5. The van der Waals surface area contributed by atoms with E-state index in [1.807, 2.05) is 25.1 Å². The zero-order valence-electron chi connectivity index (χ0n) is 10.0. The van der Waals surface area contributed by atoms with Gasteiger partial charge in [0.25, 0.3) is 0 Å². The maximum absolute atomic E-state index is 13.5. The molecule has 94 valence electrons. The Morgan fingerprint density at radius 3 is 2.72 bits per heavy atom. The Balaban J connectivity index is 2.13. The minimum atomic E-state index is -0.226. The van der Waals surface area contributed by atoms with Gasteiger partial charge >= 0.3 is 0 Å². The average Bonchev–Trinajstić information content (AvgIpc) is 2.32. The van der Waals surface area contributed by atoms with Gasteiger partial charge in [0.05, 0.1) is 11.4 Å². The van der Waals surface area contributed by atoms with Crippen LogP contribution in [-0.2, 0) is 6.54 Å². The van der Waals surface area contributed by atoms with Gasteiger partial charge < -0.3 is 11.1 Å². The number of aryl methyl sites for hydroxylation is 1. The molecule has 3 N–H and O–H groups in total. The highest BCUT2D eigenvalue weighted by Crippen LogP contribution is 2.22. The molecule has 2 aromatic carbocycles. The molecule has 2 rings (SSSR count). The third kappa shape index (κ3) is 3.01. The molecule has 0 saturated heterocycles. The summed E-state index contributed by atoms with van der Waals surface area (Å²) in [5.74, 6) is -0.226. The van der Waals surface area contributed by atoms with Gasteiger partial charge in [-0.15, -0.1) is 0 Å². The van der Waals surface area contributed by atoms with E-state index >= 15 is 0 Å². The van der Waals surface area contributed by atoms with Crippen LogP contribution in [0.3, 0.4) is 0 Å². The van der Waals surface area contributed by atoms with Crippen LogP contribution in [0.2, 0.25) is 0 Å². The van der Waals surface area contributed by atoms with Gasteiger partial charge in [0.15, 0.2) is 0 Å². The lowest BCUT2D eigenvalue weighted by Crippen LogP contribution is -2.04. The van der Waals surface area contributed by atoms with E-state index in [-0.39, 0.29) is 5.82 Å². The van der Waals surface area contributed by atoms with Crippen molar-refractivity contribution in [1.82, 2.24) is 0 Å². The summed E-state index contributed by atoms with van der Waals surface area (Å²) in [7, 11) is 0. The Labute approximate surface area is 114 Å². The van der Waals surface area contributed by atoms with E-state index < -0.39 is 0 Å². The third-order valence-corrected chi connectivity index (χ3v) is 3.18. The summed E-state index contributed by atoms with van der Waals surface area (Å²) < 4.78 is 14.4. The highest BCUT2D eigenvalue weighted by Gasteiger charge is 2.04. The third-order valence-electron chi connectivity index (χ3n) is 2.68. The number of nitrogen functional groups attached to an aromatic ring is 1. The number of nitrogens with one attached hydrogen (secondary N) is 1. The summed E-state index contributed by atoms with van der Waals surface area (Å²) in [6.45, 7) is 2.38. The molecule has 4 heteroatoms. The summed E-state index contributed by atoms with van der Waals surface area (Å²) >= 11 is 3.33. The number of hydrogen-bond acceptors (Lipinski definition) is 2. The van der Waals surface area contributed by atoms with Gasteiger partial charge in [-0.2, -0.15) is 0 Å². The Hall–Kier alpha value is -1.55. The molecule has 2 aromatic rings. The number of benzene rings is 2. The van der Waals surface area contributed by atoms with Crippen molar-refractivity contribution in [3.63, 3.8) is 0 Å². The summed E-state index contributed by atoms with van der Waals surface area (Å²) in [4.78, 5) is 0. The fourth-order valence-corrected chi connectivity index (χ4v) is 2.12. The molecule has 18 heavy (non-hydrogen) atoms. The minimum absolute atomic E-state index is 0.226. The van der Waals surface area contributed by atoms with Crippen molar-refractivity contribution in [3.05, 3.63) is 57.8 Å². The van der Waals surface area contributed by atoms with Crippen LogP contribution in [0.1, 0.15) is 11.1 Å². The zero-order chi connectivity index (χ0) is 13.1. The largest absolute Gasteiger partial charge is 0.397 e. The molecule has 0 aromatic heterocycles. The van der Waals surface area contributed by atoms with Crippen molar-refractivity contribution >= 4 is 27.3 Å². The van der Waals surface area contributed by atoms with Crippen LogP contribution >= 0.6 is 15.9 Å². The number of nitrogens with two attached hydrogens (primary N) is 1. The summed E-state index contributed by atoms with van der Waals surface area (Å²) in [6.07, 6.45) is 0. The Kier molecular flexibility index (Phi) is 3.87. The minimum Gasteiger partial charge on any atom is -0.397 e. The second kappa shape index (κ2) is 5.40. The van der Waals surface area contributed by atoms with Gasteiger partial charge in [-0.05, 0) is 42.8 Å². The van der Waals surface area contributed by atoms with E-state index in [1.54, 1.807) is 12.1 Å². The highest BCUT2D eigenvalue weighted by atomic mass is 79.9. The van der Waals surface area contributed by atoms with Crippen LogP contribution in [-0.4, -0.2) is 0 Å². The molecule has 0 bridgehead atoms. The number of anilines is 2. The normalized spacial score (nSPS) is 10.4. The van der Waals surface area contributed by atoms with Crippen molar-refractivity contribution in [2.75, 3.05) is 11.1 Å². The first-order chi connectivity index (χ1) is 8.56. The van der Waals surface area contributed by atoms with E-state index in [2.05, 4.69) is 21.2 Å². The van der Waals surface area contributed by atoms with Gasteiger partial charge in [0.2, 0.25) is 0 Å². The van der Waals surface area contributed by atoms with E-state index in [9.17, 15) is 4.39 Å². The van der Waals surface area contributed by atoms with Crippen LogP contribution in [0.4, 0.5) is 15.8 Å². The molecule has 0 fully saturated rings. The Bertz CT molecular complexity index is 570. The van der Waals surface area contributed by atoms with Crippen molar-refractivity contribution in [3.8, 4) is 0 Å². The Morgan fingerprint density at radius 1 is 1.22 bits per heavy atom. The van der Waals surface area contributed by atoms with Crippen LogP contribution in [0.15, 0.2) is 40.9 Å². The molecule has 0 spiro atoms. The molecule has 2 nitrogen and oxygen atoms in total. The SMILES string of the molecule is Cc1ccc(NCc2cc(Br)ccc2F)c(N)c1. The van der Waals surface area contributed by atoms with Crippen molar-refractivity contribution in [2.45, 2.75) is 13.5 Å². The van der Waals surface area contributed by atoms with Gasteiger partial charge in [0.1, 0.15) is 5.82 Å². The topological polar surface area (TPSA) is 38.0 Å². The highest BCUT2D eigenvalue weighted by molar-refractivity contribution is 9.10. The molecule has 0 radical (unpaired) electrons. The van der Waals surface area contributed by atoms with E-state index in [0.29, 0.717) is 17.8 Å². The average molecular weight is 309 g/mol. The van der Waals surface area contributed by atoms with Gasteiger partial charge in [-0.1, -0.05) is 22.0 Å². The lowest BCUT2D eigenvalue weighted by molar-refractivity contribution is 0.612. The number of halogens is 2. The smallest absolute Gasteiger partial charge is 0.128 e. The van der Waals surface area contributed by atoms with Crippen LogP contribution < -0.4 is 11.1 Å². The summed E-state index contributed by atoms with van der Waals surface area (Å²) in [5.41, 5.74) is 9.08. The molecule has 0 heterocycles. The molecule has 0 aliphatic rings. The number of rotatable bonds is 3. The molecule has 0 saturated carbocycles. The van der Waals surface area contributed by atoms with Crippen LogP contribution in [0, 0.1) is 12.7 Å². The first-order valence-corrected chi connectivity index (χ1v) is 6.39. The monoisotopic (exact) mass is 308 g/mol. The standard InChI is InChI=1S/C14H14BrFN2/c1-9-2-5-14(13(17)6-9)18-8-10-7-11(15)3-4-12(10)16/h2-7,18H,8,17H2,1H3. The molecule has 0 aliphatic heterocycles. The van der Waals surface area contributed by atoms with Crippen molar-refractivity contribution in [1.29, 1.82) is 0 Å². The van der Waals surface area contributed by atoms with Gasteiger partial charge in [0, 0.05) is 16.6 Å². The van der Waals surface area contributed by atoms with Crippen LogP contribution in [0.25, 0.3) is 0 Å². The fourth-order valence-electron chi connectivity index (χ4n) is 1.71. The van der Waals surface area contributed by atoms with E-state index in [0.717, 1.165) is 15.7 Å². The summed E-state index contributed by atoms with van der Waals surface area (Å²) in [6, 6.07) is 10.6. The van der Waals surface area contributed by atoms with Crippen molar-refractivity contribution in [2.24, 2.45) is 0 Å². The molecule has 0 amide bonds. The number of hydrogen-bond donors (Lipinski definition) is 2. The maximum Gasteiger partial charge on any atom is 0.128 e. The second-order valence-electron chi connectivity index (χ2n) is 4.18. The molecular weight excluding hydrogens is 295 g/mol. The van der Waals surface area contributed by atoms with Crippen molar-refractivity contribution < 1.29 is 4.39 Å². The van der Waals surface area contributed by atoms with Gasteiger partial charge in [-0.3, -0.25) is 0 Å². The predicted octanol–water partition coefficient (Wildman–Crippen LogP) is 4.09. The Morgan fingerprint density at radius 2 is 2.00 bits per heavy atom. The first kappa shape index (κ1) is 12.9. The van der Waals surface area contributed by atoms with Crippen LogP contribution in [0.5, 0.6) is 0 Å². The molecule has 0 atom stereocenters. The van der Waals surface area contributed by atoms with E-state index in [4.69, 9.17) is 5.73 Å². The first-order valence-electron chi connectivity index (χ1n) is 5.60. The molecule has 0 aliphatic carbocycles.